The van der Waals surface area contributed by atoms with Crippen LogP contribution in [0.25, 0.3) is 0 Å². The van der Waals surface area contributed by atoms with Gasteiger partial charge in [0, 0.05) is 13.2 Å². The minimum atomic E-state index is 0.119. The van der Waals surface area contributed by atoms with Crippen LogP contribution in [-0.4, -0.2) is 36.7 Å². The van der Waals surface area contributed by atoms with Crippen LogP contribution in [0.15, 0.2) is 30.3 Å². The lowest BCUT2D eigenvalue weighted by Gasteiger charge is -2.10. The van der Waals surface area contributed by atoms with E-state index in [0.29, 0.717) is 12.3 Å². The first kappa shape index (κ1) is 14.4. The fourth-order valence-electron chi connectivity index (χ4n) is 2.08. The van der Waals surface area contributed by atoms with Crippen molar-refractivity contribution < 1.29 is 9.53 Å². The zero-order valence-electron chi connectivity index (χ0n) is 11.1. The number of thioether (sulfide) groups is 1. The van der Waals surface area contributed by atoms with Crippen molar-refractivity contribution in [1.82, 2.24) is 5.32 Å². The predicted octanol–water partition coefficient (Wildman–Crippen LogP) is 2.26. The summed E-state index contributed by atoms with van der Waals surface area (Å²) in [5, 5.41) is 2.94. The SMILES string of the molecule is O=C(CSCCc1ccccc1)NCC1CCCO1. The van der Waals surface area contributed by atoms with Gasteiger partial charge in [0.1, 0.15) is 0 Å². The van der Waals surface area contributed by atoms with Crippen molar-refractivity contribution in [2.24, 2.45) is 0 Å². The van der Waals surface area contributed by atoms with Gasteiger partial charge < -0.3 is 10.1 Å². The van der Waals surface area contributed by atoms with Gasteiger partial charge in [-0.25, -0.2) is 0 Å². The van der Waals surface area contributed by atoms with Gasteiger partial charge in [0.25, 0.3) is 0 Å². The van der Waals surface area contributed by atoms with E-state index in [9.17, 15) is 4.79 Å². The van der Waals surface area contributed by atoms with Crippen molar-refractivity contribution in [2.45, 2.75) is 25.4 Å². The molecular formula is C15H21NO2S. The summed E-state index contributed by atoms with van der Waals surface area (Å²) in [6.07, 6.45) is 3.44. The van der Waals surface area contributed by atoms with Crippen LogP contribution in [-0.2, 0) is 16.0 Å². The maximum absolute atomic E-state index is 11.6. The number of carbonyl (C=O) groups excluding carboxylic acids is 1. The minimum absolute atomic E-state index is 0.119. The summed E-state index contributed by atoms with van der Waals surface area (Å²) >= 11 is 1.69. The Kier molecular flexibility index (Phi) is 6.24. The van der Waals surface area contributed by atoms with Crippen LogP contribution in [0.4, 0.5) is 0 Å². The van der Waals surface area contributed by atoms with Crippen LogP contribution in [0.3, 0.4) is 0 Å². The Balaban J connectivity index is 1.51. The summed E-state index contributed by atoms with van der Waals surface area (Å²) in [7, 11) is 0. The first-order valence-corrected chi connectivity index (χ1v) is 8.00. The summed E-state index contributed by atoms with van der Waals surface area (Å²) in [6.45, 7) is 1.50. The molecule has 0 saturated carbocycles. The summed E-state index contributed by atoms with van der Waals surface area (Å²) in [5.74, 6) is 1.64. The highest BCUT2D eigenvalue weighted by molar-refractivity contribution is 7.99. The molecule has 1 aliphatic rings. The molecule has 1 aromatic rings. The summed E-state index contributed by atoms with van der Waals surface area (Å²) < 4.78 is 5.47. The van der Waals surface area contributed by atoms with Gasteiger partial charge in [-0.1, -0.05) is 30.3 Å². The van der Waals surface area contributed by atoms with E-state index < -0.39 is 0 Å². The molecule has 1 atom stereocenters. The minimum Gasteiger partial charge on any atom is -0.376 e. The van der Waals surface area contributed by atoms with Crippen LogP contribution in [0, 0.1) is 0 Å². The normalized spacial score (nSPS) is 18.4. The quantitative estimate of drug-likeness (QED) is 0.778. The molecule has 0 aliphatic carbocycles. The van der Waals surface area contributed by atoms with Gasteiger partial charge in [-0.3, -0.25) is 4.79 Å². The highest BCUT2D eigenvalue weighted by Crippen LogP contribution is 2.11. The number of hydrogen-bond acceptors (Lipinski definition) is 3. The molecule has 1 heterocycles. The van der Waals surface area contributed by atoms with Crippen LogP contribution >= 0.6 is 11.8 Å². The Labute approximate surface area is 119 Å². The summed E-state index contributed by atoms with van der Waals surface area (Å²) in [4.78, 5) is 11.6. The van der Waals surface area contributed by atoms with Crippen LogP contribution < -0.4 is 5.32 Å². The zero-order valence-corrected chi connectivity index (χ0v) is 12.0. The molecule has 19 heavy (non-hydrogen) atoms. The van der Waals surface area contributed by atoms with Crippen molar-refractivity contribution in [3.8, 4) is 0 Å². The second-order valence-electron chi connectivity index (χ2n) is 4.73. The molecule has 1 fully saturated rings. The number of amides is 1. The first-order chi connectivity index (χ1) is 9.34. The maximum atomic E-state index is 11.6. The first-order valence-electron chi connectivity index (χ1n) is 6.84. The number of carbonyl (C=O) groups is 1. The third kappa shape index (κ3) is 5.66. The topological polar surface area (TPSA) is 38.3 Å². The monoisotopic (exact) mass is 279 g/mol. The Morgan fingerprint density at radius 2 is 2.21 bits per heavy atom. The maximum Gasteiger partial charge on any atom is 0.230 e. The van der Waals surface area contributed by atoms with E-state index in [4.69, 9.17) is 4.74 Å². The molecule has 1 aliphatic heterocycles. The van der Waals surface area contributed by atoms with Gasteiger partial charge in [-0.15, -0.1) is 0 Å². The van der Waals surface area contributed by atoms with Crippen molar-refractivity contribution in [2.75, 3.05) is 24.7 Å². The fraction of sp³-hybridized carbons (Fsp3) is 0.533. The third-order valence-electron chi connectivity index (χ3n) is 3.16. The lowest BCUT2D eigenvalue weighted by Crippen LogP contribution is -2.33. The molecular weight excluding hydrogens is 258 g/mol. The zero-order chi connectivity index (χ0) is 13.3. The molecule has 1 N–H and O–H groups in total. The molecule has 1 unspecified atom stereocenters. The Morgan fingerprint density at radius 3 is 2.95 bits per heavy atom. The van der Waals surface area contributed by atoms with E-state index in [0.717, 1.165) is 31.6 Å². The highest BCUT2D eigenvalue weighted by atomic mass is 32.2. The van der Waals surface area contributed by atoms with Crippen LogP contribution in [0.5, 0.6) is 0 Å². The number of aryl methyl sites for hydroxylation is 1. The lowest BCUT2D eigenvalue weighted by atomic mass is 10.2. The van der Waals surface area contributed by atoms with Crippen molar-refractivity contribution in [3.05, 3.63) is 35.9 Å². The molecule has 1 saturated heterocycles. The van der Waals surface area contributed by atoms with Gasteiger partial charge in [-0.2, -0.15) is 11.8 Å². The number of nitrogens with one attached hydrogen (secondary N) is 1. The molecule has 1 aromatic carbocycles. The average molecular weight is 279 g/mol. The van der Waals surface area contributed by atoms with Crippen molar-refractivity contribution >= 4 is 17.7 Å². The Bertz CT molecular complexity index is 377. The molecule has 0 radical (unpaired) electrons. The second-order valence-corrected chi connectivity index (χ2v) is 5.83. The van der Waals surface area contributed by atoms with E-state index in [1.54, 1.807) is 11.8 Å². The largest absolute Gasteiger partial charge is 0.376 e. The van der Waals surface area contributed by atoms with E-state index in [1.807, 2.05) is 18.2 Å². The molecule has 2 rings (SSSR count). The van der Waals surface area contributed by atoms with E-state index in [1.165, 1.54) is 5.56 Å². The van der Waals surface area contributed by atoms with Crippen molar-refractivity contribution in [1.29, 1.82) is 0 Å². The fourth-order valence-corrected chi connectivity index (χ4v) is 2.90. The van der Waals surface area contributed by atoms with Crippen molar-refractivity contribution in [3.63, 3.8) is 0 Å². The van der Waals surface area contributed by atoms with Gasteiger partial charge in [-0.05, 0) is 30.6 Å². The Morgan fingerprint density at radius 1 is 1.37 bits per heavy atom. The predicted molar refractivity (Wildman–Crippen MR) is 79.5 cm³/mol. The molecule has 1 amide bonds. The van der Waals surface area contributed by atoms with Gasteiger partial charge in [0.15, 0.2) is 0 Å². The van der Waals surface area contributed by atoms with Crippen LogP contribution in [0.1, 0.15) is 18.4 Å². The molecule has 0 aromatic heterocycles. The van der Waals surface area contributed by atoms with Gasteiger partial charge in [0.05, 0.1) is 11.9 Å². The average Bonchev–Trinajstić information content (AvgIpc) is 2.96. The van der Waals surface area contributed by atoms with E-state index in [-0.39, 0.29) is 12.0 Å². The number of benzene rings is 1. The second kappa shape index (κ2) is 8.23. The number of rotatable bonds is 7. The van der Waals surface area contributed by atoms with Crippen LogP contribution in [0.2, 0.25) is 0 Å². The molecule has 4 heteroatoms. The van der Waals surface area contributed by atoms with E-state index >= 15 is 0 Å². The summed E-state index contributed by atoms with van der Waals surface area (Å²) in [5.41, 5.74) is 1.33. The van der Waals surface area contributed by atoms with Gasteiger partial charge >= 0.3 is 0 Å². The lowest BCUT2D eigenvalue weighted by molar-refractivity contribution is -0.119. The molecule has 0 bridgehead atoms. The Hall–Kier alpha value is -1.00. The smallest absolute Gasteiger partial charge is 0.230 e. The number of ether oxygens (including phenoxy) is 1. The molecule has 0 spiro atoms. The van der Waals surface area contributed by atoms with E-state index in [2.05, 4.69) is 17.4 Å². The number of hydrogen-bond donors (Lipinski definition) is 1. The van der Waals surface area contributed by atoms with Gasteiger partial charge in [0.2, 0.25) is 5.91 Å². The highest BCUT2D eigenvalue weighted by Gasteiger charge is 2.15. The molecule has 104 valence electrons. The third-order valence-corrected chi connectivity index (χ3v) is 4.12. The summed E-state index contributed by atoms with van der Waals surface area (Å²) in [6, 6.07) is 10.4. The molecule has 3 nitrogen and oxygen atoms in total. The standard InChI is InChI=1S/C15H21NO2S/c17-15(16-11-14-7-4-9-18-14)12-19-10-8-13-5-2-1-3-6-13/h1-3,5-6,14H,4,7-12H2,(H,16,17).